The predicted molar refractivity (Wildman–Crippen MR) is 146 cm³/mol. The van der Waals surface area contributed by atoms with Gasteiger partial charge in [0.2, 0.25) is 0 Å². The largest absolute Gasteiger partial charge is 0.274 e. The number of hydrogen-bond acceptors (Lipinski definition) is 4. The van der Waals surface area contributed by atoms with Crippen molar-refractivity contribution in [3.8, 4) is 22.4 Å². The van der Waals surface area contributed by atoms with Crippen LogP contribution in [0.15, 0.2) is 77.6 Å². The third-order valence-electron chi connectivity index (χ3n) is 6.53. The van der Waals surface area contributed by atoms with Crippen LogP contribution in [0.2, 0.25) is 10.0 Å². The molecule has 0 saturated heterocycles. The molecule has 0 spiro atoms. The van der Waals surface area contributed by atoms with Gasteiger partial charge in [-0.2, -0.15) is 0 Å². The molecule has 6 rings (SSSR count). The third kappa shape index (κ3) is 4.12. The second kappa shape index (κ2) is 9.03. The van der Waals surface area contributed by atoms with E-state index in [0.717, 1.165) is 46.5 Å². The van der Waals surface area contributed by atoms with E-state index >= 15 is 0 Å². The van der Waals surface area contributed by atoms with E-state index in [0.29, 0.717) is 26.8 Å². The normalized spacial score (nSPS) is 13.8. The van der Waals surface area contributed by atoms with Gasteiger partial charge < -0.3 is 0 Å². The molecule has 0 saturated carbocycles. The zero-order chi connectivity index (χ0) is 25.7. The Labute approximate surface area is 220 Å². The maximum Gasteiger partial charge on any atom is 0.274 e. The van der Waals surface area contributed by atoms with Crippen LogP contribution in [0.3, 0.4) is 0 Å². The molecule has 1 N–H and O–H groups in total. The zero-order valence-corrected chi connectivity index (χ0v) is 20.8. The SMILES string of the molecule is O=c1[nH]n2c(-c3ccc(Cl)cc3)c3c(nc2c1-c1ccc([N+](=O)[O-])cc1)/C(=C/c1ccc(Cl)cc1)CC3. The first-order chi connectivity index (χ1) is 17.9. The first-order valence-electron chi connectivity index (χ1n) is 11.5. The lowest BCUT2D eigenvalue weighted by atomic mass is 10.0. The van der Waals surface area contributed by atoms with E-state index in [2.05, 4.69) is 11.2 Å². The highest BCUT2D eigenvalue weighted by molar-refractivity contribution is 6.30. The smallest absolute Gasteiger partial charge is 0.267 e. The number of aromatic amines is 1. The van der Waals surface area contributed by atoms with Gasteiger partial charge in [0, 0.05) is 33.3 Å². The fourth-order valence-electron chi connectivity index (χ4n) is 4.81. The fourth-order valence-corrected chi connectivity index (χ4v) is 5.07. The van der Waals surface area contributed by atoms with Crippen molar-refractivity contribution in [1.29, 1.82) is 0 Å². The Hall–Kier alpha value is -4.20. The van der Waals surface area contributed by atoms with E-state index in [-0.39, 0.29) is 11.2 Å². The number of aromatic nitrogens is 3. The molecule has 1 aliphatic rings. The number of hydrogen-bond donors (Lipinski definition) is 1. The van der Waals surface area contributed by atoms with Crippen LogP contribution in [-0.4, -0.2) is 19.5 Å². The molecule has 0 bridgehead atoms. The molecule has 2 heterocycles. The first-order valence-corrected chi connectivity index (χ1v) is 12.3. The van der Waals surface area contributed by atoms with Crippen LogP contribution in [-0.2, 0) is 6.42 Å². The Bertz CT molecular complexity index is 1770. The molecule has 3 aromatic carbocycles. The molecule has 5 aromatic rings. The van der Waals surface area contributed by atoms with Crippen molar-refractivity contribution in [2.45, 2.75) is 12.8 Å². The molecule has 9 heteroatoms. The van der Waals surface area contributed by atoms with E-state index in [1.165, 1.54) is 12.1 Å². The number of H-pyrrole nitrogens is 1. The zero-order valence-electron chi connectivity index (χ0n) is 19.2. The Morgan fingerprint density at radius 2 is 1.51 bits per heavy atom. The van der Waals surface area contributed by atoms with Gasteiger partial charge >= 0.3 is 0 Å². The van der Waals surface area contributed by atoms with E-state index in [4.69, 9.17) is 28.2 Å². The van der Waals surface area contributed by atoms with Gasteiger partial charge in [-0.05, 0) is 72.0 Å². The predicted octanol–water partition coefficient (Wildman–Crippen LogP) is 7.06. The molecule has 37 heavy (non-hydrogen) atoms. The van der Waals surface area contributed by atoms with Crippen LogP contribution >= 0.6 is 23.2 Å². The summed E-state index contributed by atoms with van der Waals surface area (Å²) in [5.74, 6) is 0. The maximum absolute atomic E-state index is 13.2. The summed E-state index contributed by atoms with van der Waals surface area (Å²) in [4.78, 5) is 28.9. The molecular weight excluding hydrogens is 511 g/mol. The Balaban J connectivity index is 1.62. The lowest BCUT2D eigenvalue weighted by Crippen LogP contribution is -2.05. The van der Waals surface area contributed by atoms with Gasteiger partial charge in [-0.15, -0.1) is 0 Å². The molecular formula is C28H18Cl2N4O3. The lowest BCUT2D eigenvalue weighted by molar-refractivity contribution is -0.384. The fraction of sp³-hybridized carbons (Fsp3) is 0.0714. The Kier molecular flexibility index (Phi) is 5.67. The van der Waals surface area contributed by atoms with Gasteiger partial charge in [0.05, 0.1) is 21.9 Å². The number of fused-ring (bicyclic) bond motifs is 2. The minimum Gasteiger partial charge on any atom is -0.267 e. The Morgan fingerprint density at radius 3 is 2.16 bits per heavy atom. The van der Waals surface area contributed by atoms with Gasteiger partial charge in [-0.1, -0.05) is 47.5 Å². The third-order valence-corrected chi connectivity index (χ3v) is 7.04. The average molecular weight is 529 g/mol. The summed E-state index contributed by atoms with van der Waals surface area (Å²) in [6.07, 6.45) is 3.63. The topological polar surface area (TPSA) is 93.3 Å². The highest BCUT2D eigenvalue weighted by Crippen LogP contribution is 2.40. The van der Waals surface area contributed by atoms with Crippen molar-refractivity contribution in [1.82, 2.24) is 14.6 Å². The molecule has 0 unspecified atom stereocenters. The van der Waals surface area contributed by atoms with Crippen LogP contribution < -0.4 is 5.56 Å². The highest BCUT2D eigenvalue weighted by atomic mass is 35.5. The number of nitrogens with zero attached hydrogens (tertiary/aromatic N) is 3. The first kappa shape index (κ1) is 23.2. The average Bonchev–Trinajstić information content (AvgIpc) is 3.44. The van der Waals surface area contributed by atoms with Crippen molar-refractivity contribution in [3.05, 3.63) is 120 Å². The number of rotatable bonds is 4. The number of nitro groups is 1. The van der Waals surface area contributed by atoms with Crippen LogP contribution in [0.4, 0.5) is 5.69 Å². The number of allylic oxidation sites excluding steroid dienone is 1. The number of halogens is 2. The standard InChI is InChI=1S/C28H18Cl2N4O3/c29-20-8-1-16(2-9-20)15-19-7-14-23-25(19)31-27-24(17-5-12-22(13-6-17)34(36)37)28(35)32-33(27)26(23)18-3-10-21(30)11-4-18/h1-6,8-13,15H,7,14H2,(H,32,35)/b19-15+. The summed E-state index contributed by atoms with van der Waals surface area (Å²) in [6, 6.07) is 21.0. The molecule has 2 aromatic heterocycles. The Morgan fingerprint density at radius 1 is 0.892 bits per heavy atom. The summed E-state index contributed by atoms with van der Waals surface area (Å²) >= 11 is 12.2. The summed E-state index contributed by atoms with van der Waals surface area (Å²) in [5, 5.41) is 15.4. The second-order valence-corrected chi connectivity index (χ2v) is 9.67. The molecule has 0 aliphatic heterocycles. The van der Waals surface area contributed by atoms with Crippen molar-refractivity contribution in [3.63, 3.8) is 0 Å². The van der Waals surface area contributed by atoms with Crippen molar-refractivity contribution < 1.29 is 4.92 Å². The number of non-ortho nitro benzene ring substituents is 1. The molecule has 0 amide bonds. The second-order valence-electron chi connectivity index (χ2n) is 8.79. The van der Waals surface area contributed by atoms with Crippen LogP contribution in [0.1, 0.15) is 23.2 Å². The number of nitro benzene ring substituents is 1. The van der Waals surface area contributed by atoms with Crippen molar-refractivity contribution >= 4 is 46.2 Å². The van der Waals surface area contributed by atoms with Gasteiger partial charge in [0.1, 0.15) is 0 Å². The number of benzene rings is 3. The lowest BCUT2D eigenvalue weighted by Gasteiger charge is -2.13. The highest BCUT2D eigenvalue weighted by Gasteiger charge is 2.27. The maximum atomic E-state index is 13.2. The summed E-state index contributed by atoms with van der Waals surface area (Å²) < 4.78 is 1.71. The van der Waals surface area contributed by atoms with Gasteiger partial charge in [-0.3, -0.25) is 20.0 Å². The molecule has 0 fully saturated rings. The quantitative estimate of drug-likeness (QED) is 0.199. The summed E-state index contributed by atoms with van der Waals surface area (Å²) in [7, 11) is 0. The van der Waals surface area contributed by atoms with Gasteiger partial charge in [0.15, 0.2) is 5.65 Å². The molecule has 182 valence electrons. The minimum absolute atomic E-state index is 0.0485. The van der Waals surface area contributed by atoms with Crippen LogP contribution in [0.25, 0.3) is 39.7 Å². The van der Waals surface area contributed by atoms with Gasteiger partial charge in [-0.25, -0.2) is 9.50 Å². The van der Waals surface area contributed by atoms with Crippen LogP contribution in [0, 0.1) is 10.1 Å². The minimum atomic E-state index is -0.469. The van der Waals surface area contributed by atoms with Crippen LogP contribution in [0.5, 0.6) is 0 Å². The van der Waals surface area contributed by atoms with Crippen molar-refractivity contribution in [2.24, 2.45) is 0 Å². The van der Waals surface area contributed by atoms with E-state index in [1.54, 1.807) is 16.6 Å². The molecule has 7 nitrogen and oxygen atoms in total. The van der Waals surface area contributed by atoms with Crippen molar-refractivity contribution in [2.75, 3.05) is 0 Å². The monoisotopic (exact) mass is 528 g/mol. The number of nitrogens with one attached hydrogen (secondary N) is 1. The molecule has 1 aliphatic carbocycles. The molecule has 0 radical (unpaired) electrons. The molecule has 0 atom stereocenters. The van der Waals surface area contributed by atoms with E-state index in [9.17, 15) is 14.9 Å². The summed E-state index contributed by atoms with van der Waals surface area (Å²) in [6.45, 7) is 0. The van der Waals surface area contributed by atoms with E-state index < -0.39 is 4.92 Å². The summed E-state index contributed by atoms with van der Waals surface area (Å²) in [5.41, 5.74) is 6.60. The van der Waals surface area contributed by atoms with Gasteiger partial charge in [0.25, 0.3) is 11.2 Å². The van der Waals surface area contributed by atoms with E-state index in [1.807, 2.05) is 48.5 Å².